The highest BCUT2D eigenvalue weighted by Gasteiger charge is 2.33. The lowest BCUT2D eigenvalue weighted by Gasteiger charge is -2.36. The summed E-state index contributed by atoms with van der Waals surface area (Å²) in [4.78, 5) is 20.0. The Morgan fingerprint density at radius 3 is 2.83 bits per heavy atom. The first-order valence-corrected chi connectivity index (χ1v) is 11.8. The minimum Gasteiger partial charge on any atom is -0.494 e. The lowest BCUT2D eigenvalue weighted by atomic mass is 9.98. The minimum absolute atomic E-state index is 0.00960. The van der Waals surface area contributed by atoms with Crippen molar-refractivity contribution in [2.75, 3.05) is 26.7 Å². The molecule has 0 fully saturated rings. The summed E-state index contributed by atoms with van der Waals surface area (Å²) >= 11 is 3.47. The standard InChI is InChI=1S/C23H25FN2O2S2/c1-3-25(14-16-6-7-19(28-2)18(24)13-16)15-22(27)26-10-8-20-17(9-12-30-20)23(26)21-5-4-11-29-21/h4-7,9,11-13,23H,3,8,10,14-15H2,1-2H3. The highest BCUT2D eigenvalue weighted by Crippen LogP contribution is 2.39. The van der Waals surface area contributed by atoms with E-state index in [1.807, 2.05) is 24.0 Å². The molecule has 0 aliphatic carbocycles. The predicted molar refractivity (Wildman–Crippen MR) is 120 cm³/mol. The quantitative estimate of drug-likeness (QED) is 0.517. The van der Waals surface area contributed by atoms with Crippen molar-refractivity contribution >= 4 is 28.6 Å². The van der Waals surface area contributed by atoms with Crippen LogP contribution in [0.3, 0.4) is 0 Å². The van der Waals surface area contributed by atoms with E-state index in [9.17, 15) is 9.18 Å². The summed E-state index contributed by atoms with van der Waals surface area (Å²) in [6.07, 6.45) is 0.899. The van der Waals surface area contributed by atoms with E-state index in [-0.39, 0.29) is 23.5 Å². The second-order valence-corrected chi connectivity index (χ2v) is 9.31. The van der Waals surface area contributed by atoms with Crippen molar-refractivity contribution in [2.24, 2.45) is 0 Å². The molecule has 0 bridgehead atoms. The largest absolute Gasteiger partial charge is 0.494 e. The molecule has 0 saturated carbocycles. The normalized spacial score (nSPS) is 16.0. The van der Waals surface area contributed by atoms with Gasteiger partial charge in [0.2, 0.25) is 5.91 Å². The second-order valence-electron chi connectivity index (χ2n) is 7.33. The topological polar surface area (TPSA) is 32.8 Å². The molecule has 1 unspecified atom stereocenters. The number of rotatable bonds is 7. The Hall–Kier alpha value is -2.22. The number of carbonyl (C=O) groups is 1. The SMILES string of the molecule is CCN(CC(=O)N1CCc2sccc2C1c1cccs1)Cc1ccc(OC)c(F)c1. The average Bonchev–Trinajstić information content (AvgIpc) is 3.44. The van der Waals surface area contributed by atoms with Crippen LogP contribution < -0.4 is 4.74 Å². The number of hydrogen-bond acceptors (Lipinski definition) is 5. The molecule has 4 rings (SSSR count). The van der Waals surface area contributed by atoms with E-state index in [0.29, 0.717) is 19.6 Å². The van der Waals surface area contributed by atoms with Crippen LogP contribution in [0.15, 0.2) is 47.2 Å². The van der Waals surface area contributed by atoms with Crippen LogP contribution in [0.2, 0.25) is 0 Å². The van der Waals surface area contributed by atoms with Crippen LogP contribution in [0.4, 0.5) is 4.39 Å². The summed E-state index contributed by atoms with van der Waals surface area (Å²) in [7, 11) is 1.45. The van der Waals surface area contributed by atoms with Gasteiger partial charge in [-0.25, -0.2) is 4.39 Å². The van der Waals surface area contributed by atoms with Gasteiger partial charge in [-0.05, 0) is 59.1 Å². The number of nitrogens with zero attached hydrogens (tertiary/aromatic N) is 2. The maximum atomic E-state index is 14.1. The summed E-state index contributed by atoms with van der Waals surface area (Å²) in [6.45, 7) is 4.29. The van der Waals surface area contributed by atoms with Gasteiger partial charge in [0.05, 0.1) is 19.7 Å². The summed E-state index contributed by atoms with van der Waals surface area (Å²) in [5.74, 6) is -0.0335. The van der Waals surface area contributed by atoms with Crippen molar-refractivity contribution in [1.82, 2.24) is 9.80 Å². The fourth-order valence-corrected chi connectivity index (χ4v) is 5.73. The van der Waals surface area contributed by atoms with E-state index in [1.165, 1.54) is 28.5 Å². The molecule has 2 aromatic heterocycles. The van der Waals surface area contributed by atoms with Gasteiger partial charge in [0.25, 0.3) is 0 Å². The van der Waals surface area contributed by atoms with Crippen LogP contribution in [0.1, 0.15) is 33.8 Å². The minimum atomic E-state index is -0.379. The lowest BCUT2D eigenvalue weighted by Crippen LogP contribution is -2.45. The van der Waals surface area contributed by atoms with Gasteiger partial charge in [-0.1, -0.05) is 19.1 Å². The van der Waals surface area contributed by atoms with Gasteiger partial charge in [0, 0.05) is 22.8 Å². The summed E-state index contributed by atoms with van der Waals surface area (Å²) in [5, 5.41) is 4.19. The molecule has 3 heterocycles. The Labute approximate surface area is 184 Å². The Morgan fingerprint density at radius 2 is 2.13 bits per heavy atom. The number of halogens is 1. The first-order chi connectivity index (χ1) is 14.6. The van der Waals surface area contributed by atoms with Crippen molar-refractivity contribution in [2.45, 2.75) is 25.9 Å². The zero-order valence-electron chi connectivity index (χ0n) is 17.1. The Bertz CT molecular complexity index is 1000. The first-order valence-electron chi connectivity index (χ1n) is 10.0. The molecule has 158 valence electrons. The van der Waals surface area contributed by atoms with Gasteiger partial charge in [0.15, 0.2) is 11.6 Å². The Morgan fingerprint density at radius 1 is 1.27 bits per heavy atom. The van der Waals surface area contributed by atoms with E-state index < -0.39 is 0 Å². The van der Waals surface area contributed by atoms with Gasteiger partial charge in [0.1, 0.15) is 0 Å². The van der Waals surface area contributed by atoms with E-state index in [1.54, 1.807) is 28.7 Å². The molecule has 1 amide bonds. The third-order valence-electron chi connectivity index (χ3n) is 5.53. The molecule has 0 radical (unpaired) electrons. The van der Waals surface area contributed by atoms with Gasteiger partial charge in [-0.15, -0.1) is 22.7 Å². The molecular weight excluding hydrogens is 419 g/mol. The number of thiophene rings is 2. The number of ether oxygens (including phenoxy) is 1. The number of hydrogen-bond donors (Lipinski definition) is 0. The molecule has 1 atom stereocenters. The molecule has 1 aromatic carbocycles. The molecule has 1 aliphatic heterocycles. The van der Waals surface area contributed by atoms with Crippen LogP contribution in [0.5, 0.6) is 5.75 Å². The molecule has 30 heavy (non-hydrogen) atoms. The van der Waals surface area contributed by atoms with Gasteiger partial charge in [-0.2, -0.15) is 0 Å². The van der Waals surface area contributed by atoms with Crippen LogP contribution in [0.25, 0.3) is 0 Å². The average molecular weight is 445 g/mol. The number of amides is 1. The number of likely N-dealkylation sites (N-methyl/N-ethyl adjacent to an activating group) is 1. The van der Waals surface area contributed by atoms with Crippen LogP contribution in [0, 0.1) is 5.82 Å². The lowest BCUT2D eigenvalue weighted by molar-refractivity contribution is -0.134. The van der Waals surface area contributed by atoms with Crippen LogP contribution in [-0.4, -0.2) is 42.5 Å². The van der Waals surface area contributed by atoms with Crippen molar-refractivity contribution in [3.8, 4) is 5.75 Å². The van der Waals surface area contributed by atoms with E-state index in [4.69, 9.17) is 4.74 Å². The maximum Gasteiger partial charge on any atom is 0.237 e. The van der Waals surface area contributed by atoms with Crippen molar-refractivity contribution in [1.29, 1.82) is 0 Å². The van der Waals surface area contributed by atoms with Crippen LogP contribution >= 0.6 is 22.7 Å². The number of fused-ring (bicyclic) bond motifs is 1. The van der Waals surface area contributed by atoms with Gasteiger partial charge >= 0.3 is 0 Å². The summed E-state index contributed by atoms with van der Waals surface area (Å²) < 4.78 is 19.1. The molecule has 3 aromatic rings. The number of methoxy groups -OCH3 is 1. The fourth-order valence-electron chi connectivity index (χ4n) is 3.97. The van der Waals surface area contributed by atoms with Crippen molar-refractivity contribution in [3.63, 3.8) is 0 Å². The van der Waals surface area contributed by atoms with Gasteiger partial charge in [-0.3, -0.25) is 9.69 Å². The third kappa shape index (κ3) is 4.29. The molecule has 0 saturated heterocycles. The first kappa shape index (κ1) is 21.0. The number of carbonyl (C=O) groups excluding carboxylic acids is 1. The molecule has 0 spiro atoms. The highest BCUT2D eigenvalue weighted by molar-refractivity contribution is 7.10. The van der Waals surface area contributed by atoms with E-state index in [2.05, 4.69) is 27.8 Å². The van der Waals surface area contributed by atoms with Crippen molar-refractivity contribution < 1.29 is 13.9 Å². The molecule has 7 heteroatoms. The third-order valence-corrected chi connectivity index (χ3v) is 7.45. The summed E-state index contributed by atoms with van der Waals surface area (Å²) in [5.41, 5.74) is 2.08. The van der Waals surface area contributed by atoms with Gasteiger partial charge < -0.3 is 9.64 Å². The van der Waals surface area contributed by atoms with E-state index >= 15 is 0 Å². The van der Waals surface area contributed by atoms with Crippen molar-refractivity contribution in [3.05, 3.63) is 73.9 Å². The van der Waals surface area contributed by atoms with E-state index in [0.717, 1.165) is 18.5 Å². The molecule has 4 nitrogen and oxygen atoms in total. The monoisotopic (exact) mass is 444 g/mol. The maximum absolute atomic E-state index is 14.1. The smallest absolute Gasteiger partial charge is 0.237 e. The second kappa shape index (κ2) is 9.29. The number of benzene rings is 1. The Kier molecular flexibility index (Phi) is 6.51. The highest BCUT2D eigenvalue weighted by atomic mass is 32.1. The zero-order valence-corrected chi connectivity index (χ0v) is 18.8. The summed E-state index contributed by atoms with van der Waals surface area (Å²) in [6, 6.07) is 11.3. The molecule has 1 aliphatic rings. The Balaban J connectivity index is 1.51. The predicted octanol–water partition coefficient (Wildman–Crippen LogP) is 4.95. The molecular formula is C23H25FN2O2S2. The fraction of sp³-hybridized carbons (Fsp3) is 0.348. The van der Waals surface area contributed by atoms with Crippen LogP contribution in [-0.2, 0) is 17.8 Å². The molecule has 0 N–H and O–H groups in total. The zero-order chi connectivity index (χ0) is 21.1.